The first-order chi connectivity index (χ1) is 17.0. The number of aliphatic hydroxyl groups excluding tert-OH is 2. The molecular weight excluding hydrogens is 466 g/mol. The predicted octanol–water partition coefficient (Wildman–Crippen LogP) is 1.80. The Morgan fingerprint density at radius 3 is 2.56 bits per heavy atom. The van der Waals surface area contributed by atoms with Crippen LogP contribution in [0.1, 0.15) is 42.1 Å². The molecule has 0 fully saturated rings. The van der Waals surface area contributed by atoms with Crippen molar-refractivity contribution in [3.8, 4) is 5.75 Å². The number of Topliss-reactive ketones (excluding diaryl/α,β-unsaturated/α-hetero) is 2. The number of anilines is 1. The molecule has 0 aliphatic heterocycles. The Bertz CT molecular complexity index is 1260. The first-order valence-electron chi connectivity index (χ1n) is 11.9. The Labute approximate surface area is 208 Å². The number of ether oxygens (including phenoxy) is 1. The highest BCUT2D eigenvalue weighted by atomic mass is 16.5. The van der Waals surface area contributed by atoms with E-state index in [9.17, 15) is 29.7 Å². The molecule has 1 aromatic carbocycles. The second-order valence-corrected chi connectivity index (χ2v) is 9.61. The van der Waals surface area contributed by atoms with Gasteiger partial charge in [-0.2, -0.15) is 0 Å². The van der Waals surface area contributed by atoms with Crippen LogP contribution in [0.25, 0.3) is 0 Å². The largest absolute Gasteiger partial charge is 0.508 e. The second kappa shape index (κ2) is 9.09. The lowest BCUT2D eigenvalue weighted by Crippen LogP contribution is -2.60. The minimum absolute atomic E-state index is 0.0311. The third-order valence-corrected chi connectivity index (χ3v) is 7.33. The number of aliphatic imine (C=N–C) groups is 1. The molecule has 0 saturated carbocycles. The summed E-state index contributed by atoms with van der Waals surface area (Å²) in [6.45, 7) is 2.42. The van der Waals surface area contributed by atoms with Crippen LogP contribution in [0.15, 0.2) is 39.8 Å². The summed E-state index contributed by atoms with van der Waals surface area (Å²) in [7, 11) is 5.05. The maximum absolute atomic E-state index is 13.9. The molecule has 3 aliphatic carbocycles. The summed E-state index contributed by atoms with van der Waals surface area (Å²) in [6, 6.07) is 3.58. The van der Waals surface area contributed by atoms with Crippen molar-refractivity contribution in [3.05, 3.63) is 45.9 Å². The van der Waals surface area contributed by atoms with E-state index in [2.05, 4.69) is 4.99 Å². The quantitative estimate of drug-likeness (QED) is 0.341. The molecule has 10 nitrogen and oxygen atoms in total. The van der Waals surface area contributed by atoms with Gasteiger partial charge in [0.25, 0.3) is 5.91 Å². The highest BCUT2D eigenvalue weighted by Crippen LogP contribution is 2.51. The van der Waals surface area contributed by atoms with Gasteiger partial charge in [-0.1, -0.05) is 13.3 Å². The van der Waals surface area contributed by atoms with E-state index in [1.165, 1.54) is 7.05 Å². The van der Waals surface area contributed by atoms with E-state index in [0.717, 1.165) is 24.1 Å². The summed E-state index contributed by atoms with van der Waals surface area (Å²) >= 11 is 0. The summed E-state index contributed by atoms with van der Waals surface area (Å²) in [5, 5.41) is 33.5. The van der Waals surface area contributed by atoms with Crippen LogP contribution in [0.4, 0.5) is 5.69 Å². The molecular formula is C26H31N3O7. The maximum Gasteiger partial charge on any atom is 0.256 e. The molecule has 0 bridgehead atoms. The van der Waals surface area contributed by atoms with E-state index < -0.39 is 52.0 Å². The van der Waals surface area contributed by atoms with Crippen LogP contribution in [-0.2, 0) is 16.0 Å². The molecule has 1 aromatic rings. The number of carbonyl (C=O) groups is 3. The van der Waals surface area contributed by atoms with Crippen molar-refractivity contribution in [1.82, 2.24) is 0 Å². The number of nitrogens with two attached hydrogens (primary N) is 1. The van der Waals surface area contributed by atoms with Gasteiger partial charge in [-0.15, -0.1) is 0 Å². The van der Waals surface area contributed by atoms with Crippen LogP contribution in [-0.4, -0.2) is 71.9 Å². The molecule has 0 aromatic heterocycles. The summed E-state index contributed by atoms with van der Waals surface area (Å²) in [6.07, 6.45) is 2.04. The van der Waals surface area contributed by atoms with Crippen molar-refractivity contribution in [2.75, 3.05) is 32.6 Å². The number of hydrogen-bond acceptors (Lipinski definition) is 9. The zero-order chi connectivity index (χ0) is 26.5. The van der Waals surface area contributed by atoms with Gasteiger partial charge in [0.05, 0.1) is 17.9 Å². The lowest BCUT2D eigenvalue weighted by Gasteiger charge is -2.46. The van der Waals surface area contributed by atoms with E-state index in [0.29, 0.717) is 18.8 Å². The van der Waals surface area contributed by atoms with Crippen LogP contribution in [0, 0.1) is 11.8 Å². The number of nitrogens with zero attached hydrogens (tertiary/aromatic N) is 2. The number of hydrogen-bond donors (Lipinski definition) is 4. The number of ketones is 2. The Kier molecular flexibility index (Phi) is 6.42. The van der Waals surface area contributed by atoms with E-state index in [-0.39, 0.29) is 23.3 Å². The van der Waals surface area contributed by atoms with Crippen LogP contribution in [0.2, 0.25) is 0 Å². The molecule has 3 atom stereocenters. The van der Waals surface area contributed by atoms with Gasteiger partial charge in [-0.3, -0.25) is 19.4 Å². The third kappa shape index (κ3) is 3.50. The normalized spacial score (nSPS) is 26.5. The van der Waals surface area contributed by atoms with Crippen LogP contribution >= 0.6 is 0 Å². The zero-order valence-electron chi connectivity index (χ0n) is 20.8. The number of carbonyl (C=O) groups excluding carboxylic acids is 3. The molecule has 0 radical (unpaired) electrons. The molecule has 3 aliphatic rings. The van der Waals surface area contributed by atoms with E-state index in [1.54, 1.807) is 6.07 Å². The molecule has 0 spiro atoms. The number of unbranched alkanes of at least 4 members (excludes halogenated alkanes) is 1. The molecule has 192 valence electrons. The van der Waals surface area contributed by atoms with Crippen molar-refractivity contribution in [2.45, 2.75) is 38.2 Å². The first-order valence-corrected chi connectivity index (χ1v) is 11.9. The third-order valence-electron chi connectivity index (χ3n) is 7.33. The minimum atomic E-state index is -2.66. The van der Waals surface area contributed by atoms with Gasteiger partial charge in [-0.25, -0.2) is 0 Å². The summed E-state index contributed by atoms with van der Waals surface area (Å²) < 4.78 is 5.92. The number of allylic oxidation sites excluding steroid dienone is 2. The Hall–Kier alpha value is -3.66. The Balaban J connectivity index is 1.93. The van der Waals surface area contributed by atoms with Gasteiger partial charge in [0.2, 0.25) is 5.78 Å². The van der Waals surface area contributed by atoms with Crippen LogP contribution < -0.4 is 15.4 Å². The molecule has 0 saturated heterocycles. The minimum Gasteiger partial charge on any atom is -0.508 e. The molecule has 0 unspecified atom stereocenters. The van der Waals surface area contributed by atoms with Crippen molar-refractivity contribution >= 4 is 28.9 Å². The van der Waals surface area contributed by atoms with Gasteiger partial charge >= 0.3 is 0 Å². The van der Waals surface area contributed by atoms with Crippen LogP contribution in [0.5, 0.6) is 5.75 Å². The second-order valence-electron chi connectivity index (χ2n) is 9.61. The van der Waals surface area contributed by atoms with Gasteiger partial charge in [-0.05, 0) is 42.9 Å². The number of amides is 1. The highest BCUT2D eigenvalue weighted by molar-refractivity contribution is 6.31. The Morgan fingerprint density at radius 1 is 1.28 bits per heavy atom. The Morgan fingerprint density at radius 2 is 1.97 bits per heavy atom. The average Bonchev–Trinajstić information content (AvgIpc) is 2.81. The molecule has 36 heavy (non-hydrogen) atoms. The molecule has 5 N–H and O–H groups in total. The monoisotopic (exact) mass is 497 g/mol. The number of fused-ring (bicyclic) bond motifs is 3. The molecule has 0 heterocycles. The molecule has 4 rings (SSSR count). The summed E-state index contributed by atoms with van der Waals surface area (Å²) in [4.78, 5) is 45.0. The number of primary amides is 1. The zero-order valence-corrected chi connectivity index (χ0v) is 20.8. The number of rotatable bonds is 6. The average molecular weight is 498 g/mol. The standard InChI is InChI=1S/C26H31N3O7/c1-5-6-9-36-16-8-7-15(29(3)4)13-10-12-11-14-20(28-2)22(31)19(25(27)34)24(33)26(14,35)23(32)17(12)21(30)18(13)16/h7-8,12,14,31-32,35H,5-6,9-11H2,1-4H3,(H2,27,34)/b28-20-/t12-,14-,26-/m0/s1. The molecule has 1 amide bonds. The molecule has 10 heteroatoms. The smallest absolute Gasteiger partial charge is 0.256 e. The number of aliphatic hydroxyl groups is 3. The van der Waals surface area contributed by atoms with Crippen molar-refractivity contribution in [1.29, 1.82) is 0 Å². The van der Waals surface area contributed by atoms with Crippen LogP contribution in [0.3, 0.4) is 0 Å². The first kappa shape index (κ1) is 25.4. The SMILES string of the molecule is CCCCOc1ccc(N(C)C)c2c1C(=O)C1=C(O)[C@]3(O)C(=O)C(C(N)=O)=C(O)/C(=N\C)[C@@H]3C[C@@H]1C2. The maximum atomic E-state index is 13.9. The summed E-state index contributed by atoms with van der Waals surface area (Å²) in [5.41, 5.74) is 3.38. The van der Waals surface area contributed by atoms with Gasteiger partial charge in [0.15, 0.2) is 17.1 Å². The topological polar surface area (TPSA) is 163 Å². The van der Waals surface area contributed by atoms with Crippen molar-refractivity contribution < 1.29 is 34.4 Å². The highest BCUT2D eigenvalue weighted by Gasteiger charge is 2.62. The van der Waals surface area contributed by atoms with Gasteiger partial charge in [0, 0.05) is 38.3 Å². The summed E-state index contributed by atoms with van der Waals surface area (Å²) in [5.74, 6) is -6.02. The number of benzene rings is 1. The fourth-order valence-electron chi connectivity index (χ4n) is 5.59. The van der Waals surface area contributed by atoms with Crippen molar-refractivity contribution in [3.63, 3.8) is 0 Å². The lowest BCUT2D eigenvalue weighted by molar-refractivity contribution is -0.139. The van der Waals surface area contributed by atoms with Gasteiger partial charge < -0.3 is 30.7 Å². The predicted molar refractivity (Wildman–Crippen MR) is 133 cm³/mol. The van der Waals surface area contributed by atoms with E-state index in [4.69, 9.17) is 10.5 Å². The fraction of sp³-hybridized carbons (Fsp3) is 0.462. The van der Waals surface area contributed by atoms with Gasteiger partial charge in [0.1, 0.15) is 17.1 Å². The van der Waals surface area contributed by atoms with Crippen molar-refractivity contribution in [2.24, 2.45) is 22.6 Å². The van der Waals surface area contributed by atoms with E-state index >= 15 is 0 Å². The lowest BCUT2D eigenvalue weighted by atomic mass is 9.59. The fourth-order valence-corrected chi connectivity index (χ4v) is 5.59. The van der Waals surface area contributed by atoms with E-state index in [1.807, 2.05) is 32.0 Å².